The molecule has 0 bridgehead atoms. The summed E-state index contributed by atoms with van der Waals surface area (Å²) in [4.78, 5) is 0. The van der Waals surface area contributed by atoms with Crippen molar-refractivity contribution < 1.29 is 8.91 Å². The number of nitrogens with two attached hydrogens (primary N) is 1. The Balaban J connectivity index is 2.12. The van der Waals surface area contributed by atoms with Crippen LogP contribution >= 0.6 is 0 Å². The number of hydrogen-bond acceptors (Lipinski definition) is 3. The highest BCUT2D eigenvalue weighted by Crippen LogP contribution is 2.36. The zero-order valence-electron chi connectivity index (χ0n) is 11.6. The molecular weight excluding hydrogens is 267 g/mol. The number of aryl methyl sites for hydroxylation is 1. The number of nitrogens with zero attached hydrogens (tertiary/aromatic N) is 1. The second-order valence-corrected chi connectivity index (χ2v) is 4.83. The molecule has 21 heavy (non-hydrogen) atoms. The van der Waals surface area contributed by atoms with Crippen LogP contribution in [0.1, 0.15) is 12.5 Å². The maximum atomic E-state index is 13.4. The molecule has 0 unspecified atom stereocenters. The van der Waals surface area contributed by atoms with Gasteiger partial charge in [-0.25, -0.2) is 4.39 Å². The van der Waals surface area contributed by atoms with E-state index in [0.717, 1.165) is 12.0 Å². The molecule has 0 saturated heterocycles. The first kappa shape index (κ1) is 13.4. The third-order valence-corrected chi connectivity index (χ3v) is 3.46. The fourth-order valence-electron chi connectivity index (χ4n) is 2.31. The summed E-state index contributed by atoms with van der Waals surface area (Å²) in [5.74, 6) is 0.497. The lowest BCUT2D eigenvalue weighted by Crippen LogP contribution is -1.89. The van der Waals surface area contributed by atoms with E-state index >= 15 is 0 Å². The largest absolute Gasteiger partial charge is 0.380 e. The van der Waals surface area contributed by atoms with E-state index in [2.05, 4.69) is 12.1 Å². The maximum Gasteiger partial charge on any atom is 0.176 e. The van der Waals surface area contributed by atoms with Crippen molar-refractivity contribution in [2.45, 2.75) is 13.3 Å². The molecule has 3 rings (SSSR count). The van der Waals surface area contributed by atoms with Gasteiger partial charge in [0.05, 0.1) is 5.56 Å². The Hall–Kier alpha value is -2.62. The van der Waals surface area contributed by atoms with Crippen LogP contribution in [0.5, 0.6) is 0 Å². The molecule has 1 aromatic heterocycles. The van der Waals surface area contributed by atoms with Crippen molar-refractivity contribution in [2.75, 3.05) is 5.73 Å². The normalized spacial score (nSPS) is 10.8. The van der Waals surface area contributed by atoms with E-state index in [1.54, 1.807) is 12.1 Å². The van der Waals surface area contributed by atoms with Gasteiger partial charge in [-0.3, -0.25) is 0 Å². The SMILES string of the molecule is CCc1ccc(-c2onc(N)c2-c2cccc(F)c2)cc1. The van der Waals surface area contributed by atoms with E-state index in [1.165, 1.54) is 17.7 Å². The average Bonchev–Trinajstić information content (AvgIpc) is 2.89. The molecule has 0 amide bonds. The van der Waals surface area contributed by atoms with Crippen LogP contribution < -0.4 is 5.73 Å². The van der Waals surface area contributed by atoms with Gasteiger partial charge >= 0.3 is 0 Å². The standard InChI is InChI=1S/C17H15FN2O/c1-2-11-6-8-12(9-7-11)16-15(17(19)20-21-16)13-4-3-5-14(18)10-13/h3-10H,2H2,1H3,(H2,19,20). The number of hydrogen-bond donors (Lipinski definition) is 1. The third-order valence-electron chi connectivity index (χ3n) is 3.46. The third kappa shape index (κ3) is 2.52. The fourth-order valence-corrected chi connectivity index (χ4v) is 2.31. The first-order valence-corrected chi connectivity index (χ1v) is 6.79. The van der Waals surface area contributed by atoms with Crippen LogP contribution in [0.2, 0.25) is 0 Å². The minimum absolute atomic E-state index is 0.259. The predicted molar refractivity (Wildman–Crippen MR) is 81.1 cm³/mol. The molecule has 4 heteroatoms. The molecule has 0 saturated carbocycles. The predicted octanol–water partition coefficient (Wildman–Crippen LogP) is 4.29. The molecule has 3 aromatic rings. The molecule has 2 aromatic carbocycles. The molecule has 0 radical (unpaired) electrons. The van der Waals surface area contributed by atoms with Gasteiger partial charge < -0.3 is 10.3 Å². The quantitative estimate of drug-likeness (QED) is 0.779. The number of aromatic nitrogens is 1. The Bertz CT molecular complexity index is 763. The summed E-state index contributed by atoms with van der Waals surface area (Å²) in [7, 11) is 0. The van der Waals surface area contributed by atoms with Gasteiger partial charge in [0, 0.05) is 5.56 Å². The Morgan fingerprint density at radius 1 is 1.10 bits per heavy atom. The molecule has 0 atom stereocenters. The molecule has 0 fully saturated rings. The van der Waals surface area contributed by atoms with Crippen molar-refractivity contribution >= 4 is 5.82 Å². The van der Waals surface area contributed by atoms with Gasteiger partial charge in [-0.2, -0.15) is 0 Å². The van der Waals surface area contributed by atoms with Gasteiger partial charge in [0.1, 0.15) is 5.82 Å². The first-order valence-electron chi connectivity index (χ1n) is 6.79. The smallest absolute Gasteiger partial charge is 0.176 e. The number of anilines is 1. The molecular formula is C17H15FN2O. The van der Waals surface area contributed by atoms with Crippen LogP contribution in [-0.4, -0.2) is 5.16 Å². The summed E-state index contributed by atoms with van der Waals surface area (Å²) >= 11 is 0. The second kappa shape index (κ2) is 5.40. The van der Waals surface area contributed by atoms with E-state index in [4.69, 9.17) is 10.3 Å². The van der Waals surface area contributed by atoms with Gasteiger partial charge in [-0.05, 0) is 29.7 Å². The van der Waals surface area contributed by atoms with Crippen LogP contribution in [0.4, 0.5) is 10.2 Å². The molecule has 1 heterocycles. The van der Waals surface area contributed by atoms with Crippen LogP contribution in [0, 0.1) is 5.82 Å². The summed E-state index contributed by atoms with van der Waals surface area (Å²) in [6.07, 6.45) is 0.968. The Morgan fingerprint density at radius 3 is 2.52 bits per heavy atom. The number of halogens is 1. The van der Waals surface area contributed by atoms with Gasteiger partial charge in [0.15, 0.2) is 11.6 Å². The zero-order valence-corrected chi connectivity index (χ0v) is 11.6. The minimum Gasteiger partial charge on any atom is -0.380 e. The fraction of sp³-hybridized carbons (Fsp3) is 0.118. The first-order chi connectivity index (χ1) is 10.2. The van der Waals surface area contributed by atoms with E-state index in [1.807, 2.05) is 24.3 Å². The number of nitrogen functional groups attached to an aromatic ring is 1. The topological polar surface area (TPSA) is 52.0 Å². The zero-order chi connectivity index (χ0) is 14.8. The monoisotopic (exact) mass is 282 g/mol. The highest BCUT2D eigenvalue weighted by atomic mass is 19.1. The molecule has 106 valence electrons. The summed E-state index contributed by atoms with van der Waals surface area (Å²) in [5.41, 5.74) is 9.28. The number of rotatable bonds is 3. The second-order valence-electron chi connectivity index (χ2n) is 4.83. The highest BCUT2D eigenvalue weighted by Gasteiger charge is 2.17. The molecule has 0 aliphatic rings. The van der Waals surface area contributed by atoms with Crippen LogP contribution in [0.25, 0.3) is 22.5 Å². The Labute approximate surface area is 122 Å². The minimum atomic E-state index is -0.319. The van der Waals surface area contributed by atoms with E-state index in [-0.39, 0.29) is 11.6 Å². The summed E-state index contributed by atoms with van der Waals surface area (Å²) in [5, 5.41) is 3.82. The van der Waals surface area contributed by atoms with E-state index < -0.39 is 0 Å². The highest BCUT2D eigenvalue weighted by molar-refractivity contribution is 5.86. The van der Waals surface area contributed by atoms with Crippen molar-refractivity contribution in [1.29, 1.82) is 0 Å². The average molecular weight is 282 g/mol. The maximum absolute atomic E-state index is 13.4. The Morgan fingerprint density at radius 2 is 1.86 bits per heavy atom. The lowest BCUT2D eigenvalue weighted by Gasteiger charge is -2.04. The van der Waals surface area contributed by atoms with Crippen molar-refractivity contribution in [3.05, 3.63) is 59.9 Å². The van der Waals surface area contributed by atoms with Crippen LogP contribution in [0.15, 0.2) is 53.1 Å². The molecule has 0 spiro atoms. The summed E-state index contributed by atoms with van der Waals surface area (Å²) < 4.78 is 18.8. The molecule has 3 nitrogen and oxygen atoms in total. The van der Waals surface area contributed by atoms with Gasteiger partial charge in [0.2, 0.25) is 0 Å². The van der Waals surface area contributed by atoms with Gasteiger partial charge in [-0.15, -0.1) is 0 Å². The number of benzene rings is 2. The summed E-state index contributed by atoms with van der Waals surface area (Å²) in [6.45, 7) is 2.10. The van der Waals surface area contributed by atoms with Gasteiger partial charge in [0.25, 0.3) is 0 Å². The lowest BCUT2D eigenvalue weighted by molar-refractivity contribution is 0.436. The van der Waals surface area contributed by atoms with Crippen molar-refractivity contribution in [1.82, 2.24) is 5.16 Å². The van der Waals surface area contributed by atoms with E-state index in [9.17, 15) is 4.39 Å². The van der Waals surface area contributed by atoms with Crippen molar-refractivity contribution in [3.8, 4) is 22.5 Å². The van der Waals surface area contributed by atoms with Crippen LogP contribution in [0.3, 0.4) is 0 Å². The van der Waals surface area contributed by atoms with Gasteiger partial charge in [-0.1, -0.05) is 48.5 Å². The molecule has 0 aliphatic carbocycles. The van der Waals surface area contributed by atoms with E-state index in [0.29, 0.717) is 16.9 Å². The van der Waals surface area contributed by atoms with Crippen molar-refractivity contribution in [3.63, 3.8) is 0 Å². The van der Waals surface area contributed by atoms with Crippen LogP contribution in [-0.2, 0) is 6.42 Å². The summed E-state index contributed by atoms with van der Waals surface area (Å²) in [6, 6.07) is 14.2. The molecule has 0 aliphatic heterocycles. The Kier molecular flexibility index (Phi) is 3.44. The van der Waals surface area contributed by atoms with Crippen molar-refractivity contribution in [2.24, 2.45) is 0 Å². The molecule has 2 N–H and O–H groups in total. The lowest BCUT2D eigenvalue weighted by atomic mass is 10.0.